The first-order chi connectivity index (χ1) is 14.2. The minimum Gasteiger partial charge on any atom is -0.497 e. The molecule has 0 radical (unpaired) electrons. The second-order valence-corrected chi connectivity index (χ2v) is 7.03. The average Bonchev–Trinajstić information content (AvgIpc) is 3.39. The Kier molecular flexibility index (Phi) is 5.48. The number of aromatic nitrogens is 5. The van der Waals surface area contributed by atoms with Gasteiger partial charge in [0.15, 0.2) is 11.0 Å². The number of methoxy groups -OCH3 is 2. The number of para-hydroxylation sites is 1. The summed E-state index contributed by atoms with van der Waals surface area (Å²) >= 11 is 1.48. The lowest BCUT2D eigenvalue weighted by atomic mass is 10.2. The van der Waals surface area contributed by atoms with Crippen LogP contribution in [0.5, 0.6) is 11.5 Å². The normalized spacial score (nSPS) is 10.9. The van der Waals surface area contributed by atoms with E-state index in [9.17, 15) is 0 Å². The highest BCUT2D eigenvalue weighted by Gasteiger charge is 2.16. The third-order valence-corrected chi connectivity index (χ3v) is 5.32. The van der Waals surface area contributed by atoms with Crippen LogP contribution in [0.4, 0.5) is 0 Å². The average molecular weight is 409 g/mol. The number of thioether (sulfide) groups is 1. The second kappa shape index (κ2) is 8.36. The molecule has 0 bridgehead atoms. The maximum absolute atomic E-state index is 5.77. The van der Waals surface area contributed by atoms with Crippen molar-refractivity contribution in [2.75, 3.05) is 14.2 Å². The topological polar surface area (TPSA) is 88.1 Å². The van der Waals surface area contributed by atoms with Crippen LogP contribution in [-0.4, -0.2) is 39.2 Å². The van der Waals surface area contributed by atoms with Crippen LogP contribution in [0.2, 0.25) is 0 Å². The Hall–Kier alpha value is -3.33. The molecular weight excluding hydrogens is 390 g/mol. The van der Waals surface area contributed by atoms with Gasteiger partial charge in [-0.1, -0.05) is 23.9 Å². The molecule has 4 aromatic rings. The van der Waals surface area contributed by atoms with E-state index >= 15 is 0 Å². The van der Waals surface area contributed by atoms with Crippen LogP contribution in [0.1, 0.15) is 5.89 Å². The molecule has 0 fully saturated rings. The molecule has 4 rings (SSSR count). The molecule has 0 aliphatic heterocycles. The van der Waals surface area contributed by atoms with Crippen LogP contribution >= 0.6 is 11.8 Å². The zero-order valence-electron chi connectivity index (χ0n) is 16.2. The SMILES string of the molecule is COc1ccc(-c2nnc(CSc3nnc(-c4ccccc4OC)n3C)o2)cc1. The molecule has 0 saturated carbocycles. The second-order valence-electron chi connectivity index (χ2n) is 6.08. The van der Waals surface area contributed by atoms with Gasteiger partial charge in [0.25, 0.3) is 0 Å². The Morgan fingerprint density at radius 1 is 0.931 bits per heavy atom. The molecule has 2 heterocycles. The van der Waals surface area contributed by atoms with E-state index in [0.29, 0.717) is 17.5 Å². The van der Waals surface area contributed by atoms with E-state index in [4.69, 9.17) is 13.9 Å². The number of ether oxygens (including phenoxy) is 2. The fraction of sp³-hybridized carbons (Fsp3) is 0.200. The fourth-order valence-corrected chi connectivity index (χ4v) is 3.54. The molecule has 0 amide bonds. The molecule has 0 aliphatic carbocycles. The minimum absolute atomic E-state index is 0.468. The Morgan fingerprint density at radius 3 is 2.48 bits per heavy atom. The molecule has 8 nitrogen and oxygen atoms in total. The van der Waals surface area contributed by atoms with E-state index < -0.39 is 0 Å². The van der Waals surface area contributed by atoms with Gasteiger partial charge >= 0.3 is 0 Å². The molecule has 148 valence electrons. The summed E-state index contributed by atoms with van der Waals surface area (Å²) in [5.74, 6) is 3.73. The highest BCUT2D eigenvalue weighted by Crippen LogP contribution is 2.31. The number of hydrogen-bond acceptors (Lipinski definition) is 8. The summed E-state index contributed by atoms with van der Waals surface area (Å²) < 4.78 is 18.3. The monoisotopic (exact) mass is 409 g/mol. The zero-order valence-corrected chi connectivity index (χ0v) is 17.0. The summed E-state index contributed by atoms with van der Waals surface area (Å²) in [5, 5.41) is 17.6. The summed E-state index contributed by atoms with van der Waals surface area (Å²) in [6.45, 7) is 0. The number of benzene rings is 2. The van der Waals surface area contributed by atoms with E-state index in [-0.39, 0.29) is 0 Å². The van der Waals surface area contributed by atoms with Gasteiger partial charge in [-0.05, 0) is 36.4 Å². The van der Waals surface area contributed by atoms with Gasteiger partial charge in [0.2, 0.25) is 11.8 Å². The van der Waals surface area contributed by atoms with Crippen LogP contribution in [0.3, 0.4) is 0 Å². The quantitative estimate of drug-likeness (QED) is 0.426. The van der Waals surface area contributed by atoms with Gasteiger partial charge in [-0.2, -0.15) is 0 Å². The van der Waals surface area contributed by atoms with Crippen molar-refractivity contribution >= 4 is 11.8 Å². The molecule has 0 unspecified atom stereocenters. The molecule has 0 atom stereocenters. The van der Waals surface area contributed by atoms with E-state index in [1.54, 1.807) is 14.2 Å². The lowest BCUT2D eigenvalue weighted by Crippen LogP contribution is -1.97. The predicted octanol–water partition coefficient (Wildman–Crippen LogP) is 3.84. The first-order valence-corrected chi connectivity index (χ1v) is 9.80. The summed E-state index contributed by atoms with van der Waals surface area (Å²) in [6, 6.07) is 15.2. The summed E-state index contributed by atoms with van der Waals surface area (Å²) in [7, 11) is 5.18. The van der Waals surface area contributed by atoms with Crippen molar-refractivity contribution in [3.63, 3.8) is 0 Å². The highest BCUT2D eigenvalue weighted by molar-refractivity contribution is 7.98. The largest absolute Gasteiger partial charge is 0.497 e. The predicted molar refractivity (Wildman–Crippen MR) is 109 cm³/mol. The van der Waals surface area contributed by atoms with Gasteiger partial charge in [-0.25, -0.2) is 0 Å². The molecule has 0 N–H and O–H groups in total. The maximum atomic E-state index is 5.77. The molecule has 0 spiro atoms. The van der Waals surface area contributed by atoms with Crippen molar-refractivity contribution in [1.29, 1.82) is 0 Å². The Labute approximate surface area is 171 Å². The highest BCUT2D eigenvalue weighted by atomic mass is 32.2. The standard InChI is InChI=1S/C20H19N5O3S/c1-25-18(15-6-4-5-7-16(15)27-3)22-24-20(25)29-12-17-21-23-19(28-17)13-8-10-14(26-2)11-9-13/h4-11H,12H2,1-3H3. The Morgan fingerprint density at radius 2 is 1.72 bits per heavy atom. The third-order valence-electron chi connectivity index (χ3n) is 4.31. The van der Waals surface area contributed by atoms with Crippen LogP contribution < -0.4 is 9.47 Å². The van der Waals surface area contributed by atoms with Crippen LogP contribution in [0.25, 0.3) is 22.8 Å². The van der Waals surface area contributed by atoms with Crippen molar-refractivity contribution in [1.82, 2.24) is 25.0 Å². The Bertz CT molecular complexity index is 1110. The number of rotatable bonds is 7. The maximum Gasteiger partial charge on any atom is 0.247 e. The molecule has 0 aliphatic rings. The van der Waals surface area contributed by atoms with E-state index in [0.717, 1.165) is 33.6 Å². The zero-order chi connectivity index (χ0) is 20.2. The van der Waals surface area contributed by atoms with Gasteiger partial charge in [-0.15, -0.1) is 20.4 Å². The first-order valence-electron chi connectivity index (χ1n) is 8.82. The van der Waals surface area contributed by atoms with E-state index in [1.807, 2.05) is 60.1 Å². The first kappa shape index (κ1) is 19.0. The Balaban J connectivity index is 1.47. The van der Waals surface area contributed by atoms with Gasteiger partial charge in [0, 0.05) is 12.6 Å². The van der Waals surface area contributed by atoms with Crippen LogP contribution in [-0.2, 0) is 12.8 Å². The van der Waals surface area contributed by atoms with Crippen molar-refractivity contribution in [3.05, 3.63) is 54.4 Å². The number of nitrogens with zero attached hydrogens (tertiary/aromatic N) is 5. The minimum atomic E-state index is 0.468. The molecular formula is C20H19N5O3S. The smallest absolute Gasteiger partial charge is 0.247 e. The van der Waals surface area contributed by atoms with Gasteiger partial charge in [0.1, 0.15) is 11.5 Å². The lowest BCUT2D eigenvalue weighted by Gasteiger charge is -2.07. The molecule has 0 saturated heterocycles. The summed E-state index contributed by atoms with van der Waals surface area (Å²) in [4.78, 5) is 0. The molecule has 2 aromatic heterocycles. The van der Waals surface area contributed by atoms with Gasteiger partial charge < -0.3 is 18.5 Å². The van der Waals surface area contributed by atoms with Gasteiger partial charge in [-0.3, -0.25) is 0 Å². The van der Waals surface area contributed by atoms with Crippen molar-refractivity contribution in [2.24, 2.45) is 7.05 Å². The third kappa shape index (κ3) is 3.95. The lowest BCUT2D eigenvalue weighted by molar-refractivity contribution is 0.415. The van der Waals surface area contributed by atoms with Crippen molar-refractivity contribution < 1.29 is 13.9 Å². The molecule has 2 aromatic carbocycles. The van der Waals surface area contributed by atoms with E-state index in [1.165, 1.54) is 11.8 Å². The van der Waals surface area contributed by atoms with Crippen LogP contribution in [0.15, 0.2) is 58.1 Å². The number of hydrogen-bond donors (Lipinski definition) is 0. The van der Waals surface area contributed by atoms with Gasteiger partial charge in [0.05, 0.1) is 25.5 Å². The van der Waals surface area contributed by atoms with Crippen molar-refractivity contribution in [2.45, 2.75) is 10.9 Å². The van der Waals surface area contributed by atoms with E-state index in [2.05, 4.69) is 20.4 Å². The molecule has 29 heavy (non-hydrogen) atoms. The fourth-order valence-electron chi connectivity index (χ4n) is 2.79. The van der Waals surface area contributed by atoms with Crippen LogP contribution in [0, 0.1) is 0 Å². The summed E-state index contributed by atoms with van der Waals surface area (Å²) in [6.07, 6.45) is 0. The summed E-state index contributed by atoms with van der Waals surface area (Å²) in [5.41, 5.74) is 1.73. The van der Waals surface area contributed by atoms with Crippen molar-refractivity contribution in [3.8, 4) is 34.3 Å². The molecule has 9 heteroatoms.